The van der Waals surface area contributed by atoms with Crippen LogP contribution in [-0.4, -0.2) is 33.2 Å². The van der Waals surface area contributed by atoms with Crippen molar-refractivity contribution in [3.8, 4) is 22.8 Å². The third-order valence-corrected chi connectivity index (χ3v) is 6.30. The van der Waals surface area contributed by atoms with Crippen molar-refractivity contribution in [2.24, 2.45) is 0 Å². The number of hydrogen-bond donors (Lipinski definition) is 1. The Morgan fingerprint density at radius 3 is 2.47 bits per heavy atom. The van der Waals surface area contributed by atoms with Crippen LogP contribution in [0, 0.1) is 6.92 Å². The standard InChI is InChI=1S/C23H18N6O2S/c1-16-8-10-19(11-9-16)32(30,31)28-18-6-4-5-17(15-18)20-12-13-22-25-26-23(29(22)27-20)21-7-2-3-14-24-21/h2-15,28H,1H3. The Bertz CT molecular complexity index is 1510. The number of nitrogens with one attached hydrogen (secondary N) is 1. The lowest BCUT2D eigenvalue weighted by Gasteiger charge is -2.10. The van der Waals surface area contributed by atoms with Gasteiger partial charge >= 0.3 is 0 Å². The molecule has 0 amide bonds. The zero-order valence-corrected chi connectivity index (χ0v) is 17.9. The molecular weight excluding hydrogens is 424 g/mol. The topological polar surface area (TPSA) is 102 Å². The highest BCUT2D eigenvalue weighted by molar-refractivity contribution is 7.92. The molecular formula is C23H18N6O2S. The zero-order valence-electron chi connectivity index (χ0n) is 17.0. The molecule has 0 atom stereocenters. The van der Waals surface area contributed by atoms with E-state index in [4.69, 9.17) is 0 Å². The molecule has 8 nitrogen and oxygen atoms in total. The van der Waals surface area contributed by atoms with Gasteiger partial charge in [-0.2, -0.15) is 9.61 Å². The summed E-state index contributed by atoms with van der Waals surface area (Å²) in [5.41, 5.74) is 4.07. The minimum absolute atomic E-state index is 0.206. The van der Waals surface area contributed by atoms with Gasteiger partial charge in [0.1, 0.15) is 5.69 Å². The number of rotatable bonds is 5. The van der Waals surface area contributed by atoms with Gasteiger partial charge in [-0.05, 0) is 55.5 Å². The van der Waals surface area contributed by atoms with E-state index in [2.05, 4.69) is 25.0 Å². The molecule has 32 heavy (non-hydrogen) atoms. The number of anilines is 1. The second-order valence-electron chi connectivity index (χ2n) is 7.23. The lowest BCUT2D eigenvalue weighted by Crippen LogP contribution is -2.12. The molecule has 9 heteroatoms. The first kappa shape index (κ1) is 19.8. The maximum absolute atomic E-state index is 12.7. The molecule has 3 heterocycles. The van der Waals surface area contributed by atoms with Crippen LogP contribution in [0.2, 0.25) is 0 Å². The molecule has 0 saturated carbocycles. The third-order valence-electron chi connectivity index (χ3n) is 4.90. The molecule has 0 spiro atoms. The van der Waals surface area contributed by atoms with E-state index in [-0.39, 0.29) is 4.90 Å². The van der Waals surface area contributed by atoms with Crippen molar-refractivity contribution in [1.82, 2.24) is 24.8 Å². The summed E-state index contributed by atoms with van der Waals surface area (Å²) >= 11 is 0. The molecule has 0 fully saturated rings. The van der Waals surface area contributed by atoms with Gasteiger partial charge < -0.3 is 0 Å². The predicted molar refractivity (Wildman–Crippen MR) is 121 cm³/mol. The van der Waals surface area contributed by atoms with Crippen LogP contribution in [0.25, 0.3) is 28.4 Å². The molecule has 158 valence electrons. The summed E-state index contributed by atoms with van der Waals surface area (Å²) in [5.74, 6) is 0.527. The number of nitrogens with zero attached hydrogens (tertiary/aromatic N) is 5. The summed E-state index contributed by atoms with van der Waals surface area (Å²) in [7, 11) is -3.70. The summed E-state index contributed by atoms with van der Waals surface area (Å²) in [5, 5.41) is 13.0. The van der Waals surface area contributed by atoms with Crippen LogP contribution in [0.4, 0.5) is 5.69 Å². The second kappa shape index (κ2) is 7.86. The Morgan fingerprint density at radius 2 is 1.69 bits per heavy atom. The van der Waals surface area contributed by atoms with Gasteiger partial charge in [-0.15, -0.1) is 10.2 Å². The average molecular weight is 443 g/mol. The Balaban J connectivity index is 1.50. The van der Waals surface area contributed by atoms with E-state index in [1.54, 1.807) is 53.2 Å². The third kappa shape index (κ3) is 3.81. The molecule has 0 unspecified atom stereocenters. The molecule has 0 bridgehead atoms. The van der Waals surface area contributed by atoms with E-state index in [1.165, 1.54) is 0 Å². The molecule has 0 aliphatic carbocycles. The summed E-state index contributed by atoms with van der Waals surface area (Å²) < 4.78 is 29.8. The summed E-state index contributed by atoms with van der Waals surface area (Å²) in [6, 6.07) is 23.0. The maximum Gasteiger partial charge on any atom is 0.261 e. The average Bonchev–Trinajstić information content (AvgIpc) is 3.23. The molecule has 0 radical (unpaired) electrons. The van der Waals surface area contributed by atoms with Crippen LogP contribution < -0.4 is 4.72 Å². The van der Waals surface area contributed by atoms with E-state index < -0.39 is 10.0 Å². The Morgan fingerprint density at radius 1 is 0.844 bits per heavy atom. The highest BCUT2D eigenvalue weighted by Gasteiger charge is 2.15. The van der Waals surface area contributed by atoms with Gasteiger partial charge in [0, 0.05) is 17.4 Å². The van der Waals surface area contributed by atoms with Crippen LogP contribution in [0.15, 0.2) is 90.0 Å². The minimum Gasteiger partial charge on any atom is -0.280 e. The molecule has 2 aromatic carbocycles. The van der Waals surface area contributed by atoms with E-state index in [9.17, 15) is 8.42 Å². The van der Waals surface area contributed by atoms with Gasteiger partial charge in [0.25, 0.3) is 10.0 Å². The van der Waals surface area contributed by atoms with Crippen molar-refractivity contribution < 1.29 is 8.42 Å². The largest absolute Gasteiger partial charge is 0.280 e. The van der Waals surface area contributed by atoms with Crippen LogP contribution >= 0.6 is 0 Å². The molecule has 1 N–H and O–H groups in total. The first-order chi connectivity index (χ1) is 15.5. The Hall–Kier alpha value is -4.11. The van der Waals surface area contributed by atoms with E-state index in [1.807, 2.05) is 43.3 Å². The molecule has 0 aliphatic heterocycles. The summed E-state index contributed by atoms with van der Waals surface area (Å²) in [6.45, 7) is 1.91. The fraction of sp³-hybridized carbons (Fsp3) is 0.0435. The van der Waals surface area contributed by atoms with Gasteiger partial charge in [-0.3, -0.25) is 9.71 Å². The van der Waals surface area contributed by atoms with Crippen molar-refractivity contribution in [2.45, 2.75) is 11.8 Å². The molecule has 3 aromatic heterocycles. The number of hydrogen-bond acceptors (Lipinski definition) is 6. The van der Waals surface area contributed by atoms with Crippen molar-refractivity contribution >= 4 is 21.4 Å². The highest BCUT2D eigenvalue weighted by Crippen LogP contribution is 2.24. The van der Waals surface area contributed by atoms with Gasteiger partial charge in [-0.25, -0.2) is 8.42 Å². The number of aromatic nitrogens is 5. The number of benzene rings is 2. The fourth-order valence-corrected chi connectivity index (χ4v) is 4.32. The molecule has 0 saturated heterocycles. The number of aryl methyl sites for hydroxylation is 1. The molecule has 5 rings (SSSR count). The first-order valence-corrected chi connectivity index (χ1v) is 11.3. The monoisotopic (exact) mass is 442 g/mol. The quantitative estimate of drug-likeness (QED) is 0.442. The van der Waals surface area contributed by atoms with E-state index in [0.29, 0.717) is 28.5 Å². The Kier molecular flexibility index (Phi) is 4.87. The highest BCUT2D eigenvalue weighted by atomic mass is 32.2. The number of pyridine rings is 1. The minimum atomic E-state index is -3.70. The van der Waals surface area contributed by atoms with Gasteiger partial charge in [-0.1, -0.05) is 35.9 Å². The lowest BCUT2D eigenvalue weighted by molar-refractivity contribution is 0.601. The lowest BCUT2D eigenvalue weighted by atomic mass is 10.1. The Labute approximate surface area is 184 Å². The first-order valence-electron chi connectivity index (χ1n) is 9.83. The normalized spacial score (nSPS) is 11.5. The molecule has 5 aromatic rings. The number of fused-ring (bicyclic) bond motifs is 1. The second-order valence-corrected chi connectivity index (χ2v) is 8.91. The molecule has 0 aliphatic rings. The van der Waals surface area contributed by atoms with Crippen LogP contribution in [0.3, 0.4) is 0 Å². The van der Waals surface area contributed by atoms with Gasteiger partial charge in [0.05, 0.1) is 10.6 Å². The zero-order chi connectivity index (χ0) is 22.1. The number of sulfonamides is 1. The predicted octanol–water partition coefficient (Wildman–Crippen LogP) is 3.96. The van der Waals surface area contributed by atoms with E-state index >= 15 is 0 Å². The maximum atomic E-state index is 12.7. The van der Waals surface area contributed by atoms with Crippen molar-refractivity contribution in [2.75, 3.05) is 4.72 Å². The summed E-state index contributed by atoms with van der Waals surface area (Å²) in [6.07, 6.45) is 1.68. The van der Waals surface area contributed by atoms with Crippen LogP contribution in [0.1, 0.15) is 5.56 Å². The van der Waals surface area contributed by atoms with Crippen molar-refractivity contribution in [3.63, 3.8) is 0 Å². The van der Waals surface area contributed by atoms with Crippen molar-refractivity contribution in [3.05, 3.63) is 90.6 Å². The van der Waals surface area contributed by atoms with Gasteiger partial charge in [0.2, 0.25) is 5.82 Å². The fourth-order valence-electron chi connectivity index (χ4n) is 3.27. The SMILES string of the molecule is Cc1ccc(S(=O)(=O)Nc2cccc(-c3ccc4nnc(-c5ccccn5)n4n3)c2)cc1. The van der Waals surface area contributed by atoms with Crippen LogP contribution in [0.5, 0.6) is 0 Å². The van der Waals surface area contributed by atoms with Gasteiger partial charge in [0.15, 0.2) is 5.65 Å². The van der Waals surface area contributed by atoms with Crippen molar-refractivity contribution in [1.29, 1.82) is 0 Å². The smallest absolute Gasteiger partial charge is 0.261 e. The van der Waals surface area contributed by atoms with Crippen LogP contribution in [-0.2, 0) is 10.0 Å². The summed E-state index contributed by atoms with van der Waals surface area (Å²) in [4.78, 5) is 4.53. The van der Waals surface area contributed by atoms with E-state index in [0.717, 1.165) is 11.1 Å².